The highest BCUT2D eigenvalue weighted by atomic mass is 16.1. The van der Waals surface area contributed by atoms with E-state index in [1.807, 2.05) is 4.90 Å². The van der Waals surface area contributed by atoms with Crippen LogP contribution in [0.3, 0.4) is 0 Å². The maximum atomic E-state index is 10.1. The number of carbonyl (C=O) groups is 2. The second-order valence-corrected chi connectivity index (χ2v) is 4.05. The van der Waals surface area contributed by atoms with E-state index in [1.165, 1.54) is 32.1 Å². The van der Waals surface area contributed by atoms with Crippen molar-refractivity contribution in [2.45, 2.75) is 32.1 Å². The summed E-state index contributed by atoms with van der Waals surface area (Å²) in [6.07, 6.45) is 7.94. The normalized spacial score (nSPS) is 20.5. The van der Waals surface area contributed by atoms with Gasteiger partial charge in [0.25, 0.3) is 0 Å². The molecule has 4 nitrogen and oxygen atoms in total. The molecule has 2 aliphatic heterocycles. The maximum absolute atomic E-state index is 10.1. The number of hydrogen-bond acceptors (Lipinski definition) is 2. The number of hydrogen-bond donors (Lipinski definition) is 0. The minimum absolute atomic E-state index is 0.924. The summed E-state index contributed by atoms with van der Waals surface area (Å²) >= 11 is 0. The van der Waals surface area contributed by atoms with Crippen molar-refractivity contribution in [2.24, 2.45) is 0 Å². The summed E-state index contributed by atoms with van der Waals surface area (Å²) in [7, 11) is 0. The second-order valence-electron chi connectivity index (χ2n) is 4.05. The Balaban J connectivity index is 0.000000151. The van der Waals surface area contributed by atoms with Crippen LogP contribution in [0.25, 0.3) is 0 Å². The number of rotatable bonds is 2. The van der Waals surface area contributed by atoms with Gasteiger partial charge in [-0.15, -0.1) is 0 Å². The molecule has 2 amide bonds. The van der Waals surface area contributed by atoms with E-state index in [2.05, 4.69) is 0 Å². The maximum Gasteiger partial charge on any atom is 0.209 e. The Kier molecular flexibility index (Phi) is 5.81. The minimum atomic E-state index is 0.924. The lowest BCUT2D eigenvalue weighted by atomic mass is 10.1. The van der Waals surface area contributed by atoms with Gasteiger partial charge in [0.2, 0.25) is 12.8 Å². The molecule has 2 rings (SSSR count). The Morgan fingerprint density at radius 3 is 1.20 bits per heavy atom. The highest BCUT2D eigenvalue weighted by Gasteiger charge is 2.06. The lowest BCUT2D eigenvalue weighted by molar-refractivity contribution is -0.119. The molecule has 0 spiro atoms. The summed E-state index contributed by atoms with van der Waals surface area (Å²) < 4.78 is 0. The predicted octanol–water partition coefficient (Wildman–Crippen LogP) is 0.867. The van der Waals surface area contributed by atoms with Crippen molar-refractivity contribution < 1.29 is 9.59 Å². The van der Waals surface area contributed by atoms with Gasteiger partial charge in [-0.25, -0.2) is 0 Å². The quantitative estimate of drug-likeness (QED) is 0.637. The molecule has 86 valence electrons. The van der Waals surface area contributed by atoms with Gasteiger partial charge in [-0.1, -0.05) is 0 Å². The summed E-state index contributed by atoms with van der Waals surface area (Å²) in [6, 6.07) is 0. The average Bonchev–Trinajstić information content (AvgIpc) is 2.84. The van der Waals surface area contributed by atoms with E-state index in [1.54, 1.807) is 4.90 Å². The summed E-state index contributed by atoms with van der Waals surface area (Å²) in [5.41, 5.74) is 0. The monoisotopic (exact) mass is 212 g/mol. The molecule has 0 aromatic carbocycles. The molecule has 2 heterocycles. The summed E-state index contributed by atoms with van der Waals surface area (Å²) in [4.78, 5) is 23.7. The number of nitrogens with zero attached hydrogens (tertiary/aromatic N) is 2. The Hall–Kier alpha value is -1.06. The molecule has 0 aromatic heterocycles. The fourth-order valence-electron chi connectivity index (χ4n) is 1.87. The van der Waals surface area contributed by atoms with Crippen LogP contribution in [0.1, 0.15) is 32.1 Å². The first kappa shape index (κ1) is 12.0. The molecule has 0 unspecified atom stereocenters. The van der Waals surface area contributed by atoms with E-state index in [0.29, 0.717) is 0 Å². The largest absolute Gasteiger partial charge is 0.345 e. The van der Waals surface area contributed by atoms with E-state index in [9.17, 15) is 9.59 Å². The van der Waals surface area contributed by atoms with Crippen LogP contribution in [0.2, 0.25) is 0 Å². The van der Waals surface area contributed by atoms with Crippen LogP contribution in [-0.4, -0.2) is 48.8 Å². The first-order valence-corrected chi connectivity index (χ1v) is 5.75. The predicted molar refractivity (Wildman–Crippen MR) is 58.4 cm³/mol. The van der Waals surface area contributed by atoms with E-state index in [0.717, 1.165) is 39.0 Å². The van der Waals surface area contributed by atoms with Crippen molar-refractivity contribution in [1.82, 2.24) is 9.80 Å². The highest BCUT2D eigenvalue weighted by molar-refractivity contribution is 5.47. The third kappa shape index (κ3) is 4.81. The second kappa shape index (κ2) is 7.26. The molecule has 15 heavy (non-hydrogen) atoms. The molecule has 0 bridgehead atoms. The van der Waals surface area contributed by atoms with E-state index in [-0.39, 0.29) is 0 Å². The topological polar surface area (TPSA) is 40.6 Å². The van der Waals surface area contributed by atoms with Crippen molar-refractivity contribution in [3.05, 3.63) is 0 Å². The van der Waals surface area contributed by atoms with E-state index in [4.69, 9.17) is 0 Å². The molecule has 2 fully saturated rings. The van der Waals surface area contributed by atoms with Gasteiger partial charge in [-0.05, 0) is 32.1 Å². The zero-order valence-electron chi connectivity index (χ0n) is 9.23. The van der Waals surface area contributed by atoms with Crippen molar-refractivity contribution in [3.8, 4) is 0 Å². The Morgan fingerprint density at radius 1 is 0.600 bits per heavy atom. The molecule has 0 aromatic rings. The van der Waals surface area contributed by atoms with Crippen LogP contribution in [0.5, 0.6) is 0 Å². The van der Waals surface area contributed by atoms with Gasteiger partial charge >= 0.3 is 0 Å². The summed E-state index contributed by atoms with van der Waals surface area (Å²) in [5.74, 6) is 0. The van der Waals surface area contributed by atoms with Gasteiger partial charge in [0.05, 0.1) is 0 Å². The van der Waals surface area contributed by atoms with Crippen LogP contribution in [-0.2, 0) is 9.59 Å². The third-order valence-electron chi connectivity index (χ3n) is 2.83. The fourth-order valence-corrected chi connectivity index (χ4v) is 1.87. The van der Waals surface area contributed by atoms with Crippen molar-refractivity contribution in [3.63, 3.8) is 0 Å². The molecular weight excluding hydrogens is 192 g/mol. The first-order valence-electron chi connectivity index (χ1n) is 5.75. The molecule has 0 N–H and O–H groups in total. The third-order valence-corrected chi connectivity index (χ3v) is 2.83. The molecule has 4 heteroatoms. The average molecular weight is 212 g/mol. The van der Waals surface area contributed by atoms with Crippen molar-refractivity contribution in [1.29, 1.82) is 0 Å². The van der Waals surface area contributed by atoms with Gasteiger partial charge in [0.15, 0.2) is 0 Å². The van der Waals surface area contributed by atoms with E-state index < -0.39 is 0 Å². The standard InChI is InChI=1S/C6H11NO.C5H9NO/c8-6-7-4-2-1-3-5-7;7-5-6-3-1-2-4-6/h6H,1-5H2;5H,1-4H2. The molecular formula is C11H20N2O2. The van der Waals surface area contributed by atoms with Gasteiger partial charge in [0.1, 0.15) is 0 Å². The lowest BCUT2D eigenvalue weighted by Crippen LogP contribution is -2.27. The molecule has 0 radical (unpaired) electrons. The number of amides is 2. The Morgan fingerprint density at radius 2 is 0.933 bits per heavy atom. The molecule has 0 saturated carbocycles. The Labute approximate surface area is 91.2 Å². The van der Waals surface area contributed by atoms with Crippen LogP contribution >= 0.6 is 0 Å². The SMILES string of the molecule is O=CN1CCCC1.O=CN1CCCCC1. The van der Waals surface area contributed by atoms with Gasteiger partial charge in [-0.3, -0.25) is 9.59 Å². The van der Waals surface area contributed by atoms with Crippen LogP contribution in [0.15, 0.2) is 0 Å². The van der Waals surface area contributed by atoms with Gasteiger partial charge in [-0.2, -0.15) is 0 Å². The zero-order chi connectivity index (χ0) is 10.9. The zero-order valence-corrected chi connectivity index (χ0v) is 9.23. The van der Waals surface area contributed by atoms with Crippen molar-refractivity contribution in [2.75, 3.05) is 26.2 Å². The fraction of sp³-hybridized carbons (Fsp3) is 0.818. The molecule has 0 atom stereocenters. The van der Waals surface area contributed by atoms with Crippen LogP contribution in [0, 0.1) is 0 Å². The Bertz CT molecular complexity index is 185. The first-order chi connectivity index (χ1) is 7.36. The van der Waals surface area contributed by atoms with Crippen LogP contribution in [0.4, 0.5) is 0 Å². The number of likely N-dealkylation sites (tertiary alicyclic amines) is 2. The summed E-state index contributed by atoms with van der Waals surface area (Å²) in [5, 5.41) is 0. The van der Waals surface area contributed by atoms with Crippen LogP contribution < -0.4 is 0 Å². The minimum Gasteiger partial charge on any atom is -0.345 e. The molecule has 0 aliphatic carbocycles. The van der Waals surface area contributed by atoms with E-state index >= 15 is 0 Å². The van der Waals surface area contributed by atoms with Crippen molar-refractivity contribution >= 4 is 12.8 Å². The smallest absolute Gasteiger partial charge is 0.209 e. The highest BCUT2D eigenvalue weighted by Crippen LogP contribution is 2.05. The van der Waals surface area contributed by atoms with Gasteiger partial charge < -0.3 is 9.80 Å². The summed E-state index contributed by atoms with van der Waals surface area (Å²) in [6.45, 7) is 3.90. The number of carbonyl (C=O) groups excluding carboxylic acids is 2. The molecule has 2 aliphatic rings. The number of piperidine rings is 1. The lowest BCUT2D eigenvalue weighted by Gasteiger charge is -2.21. The van der Waals surface area contributed by atoms with Gasteiger partial charge in [0, 0.05) is 26.2 Å². The molecule has 2 saturated heterocycles.